The van der Waals surface area contributed by atoms with E-state index in [0.717, 1.165) is 10.0 Å². The fourth-order valence-electron chi connectivity index (χ4n) is 1.81. The van der Waals surface area contributed by atoms with Gasteiger partial charge in [-0.25, -0.2) is 4.39 Å². The van der Waals surface area contributed by atoms with E-state index in [1.54, 1.807) is 6.07 Å². The first kappa shape index (κ1) is 14.5. The topological polar surface area (TPSA) is 12.0 Å². The van der Waals surface area contributed by atoms with Gasteiger partial charge < -0.3 is 5.32 Å². The molecule has 2 aromatic rings. The molecule has 0 aromatic heterocycles. The van der Waals surface area contributed by atoms with Crippen LogP contribution in [0.4, 0.5) is 4.39 Å². The maximum absolute atomic E-state index is 13.3. The maximum Gasteiger partial charge on any atom is 0.142 e. The highest BCUT2D eigenvalue weighted by atomic mass is 79.9. The van der Waals surface area contributed by atoms with Gasteiger partial charge in [0.25, 0.3) is 0 Å². The highest BCUT2D eigenvalue weighted by Crippen LogP contribution is 2.19. The summed E-state index contributed by atoms with van der Waals surface area (Å²) in [6.45, 7) is 2.68. The van der Waals surface area contributed by atoms with Crippen molar-refractivity contribution in [3.8, 4) is 0 Å². The van der Waals surface area contributed by atoms with Gasteiger partial charge in [0, 0.05) is 17.1 Å². The van der Waals surface area contributed by atoms with Crippen LogP contribution in [0.3, 0.4) is 0 Å². The largest absolute Gasteiger partial charge is 0.306 e. The maximum atomic E-state index is 13.3. The summed E-state index contributed by atoms with van der Waals surface area (Å²) in [4.78, 5) is 0. The van der Waals surface area contributed by atoms with E-state index in [1.807, 2.05) is 18.2 Å². The summed E-state index contributed by atoms with van der Waals surface area (Å²) >= 11 is 9.11. The van der Waals surface area contributed by atoms with Crippen molar-refractivity contribution < 1.29 is 4.39 Å². The van der Waals surface area contributed by atoms with E-state index in [-0.39, 0.29) is 16.9 Å². The van der Waals surface area contributed by atoms with Gasteiger partial charge in [-0.2, -0.15) is 0 Å². The minimum absolute atomic E-state index is 0.156. The summed E-state index contributed by atoms with van der Waals surface area (Å²) in [6.07, 6.45) is 0. The Kier molecular flexibility index (Phi) is 4.97. The van der Waals surface area contributed by atoms with Crippen molar-refractivity contribution >= 4 is 27.5 Å². The summed E-state index contributed by atoms with van der Waals surface area (Å²) in [6, 6.07) is 13.2. The lowest BCUT2D eigenvalue weighted by molar-refractivity contribution is 0.569. The molecule has 0 aliphatic carbocycles. The monoisotopic (exact) mass is 341 g/mol. The van der Waals surface area contributed by atoms with E-state index >= 15 is 0 Å². The third-order valence-electron chi connectivity index (χ3n) is 2.95. The molecule has 2 rings (SSSR count). The van der Waals surface area contributed by atoms with Crippen LogP contribution in [-0.2, 0) is 6.54 Å². The summed E-state index contributed by atoms with van der Waals surface area (Å²) < 4.78 is 14.4. The Morgan fingerprint density at radius 3 is 2.74 bits per heavy atom. The first-order valence-corrected chi connectivity index (χ1v) is 7.16. The predicted molar refractivity (Wildman–Crippen MR) is 80.8 cm³/mol. The van der Waals surface area contributed by atoms with E-state index in [1.165, 1.54) is 11.6 Å². The predicted octanol–water partition coefficient (Wildman–Crippen LogP) is 5.09. The average Bonchev–Trinajstić information content (AvgIpc) is 2.40. The molecule has 0 spiro atoms. The number of hydrogen-bond donors (Lipinski definition) is 1. The van der Waals surface area contributed by atoms with Crippen LogP contribution in [0.1, 0.15) is 24.1 Å². The third-order valence-corrected chi connectivity index (χ3v) is 3.74. The molecule has 2 aromatic carbocycles. The minimum atomic E-state index is -0.379. The molecular formula is C15H14BrClFN. The normalized spacial score (nSPS) is 12.4. The Morgan fingerprint density at radius 2 is 2.05 bits per heavy atom. The molecule has 0 fully saturated rings. The molecular weight excluding hydrogens is 329 g/mol. The van der Waals surface area contributed by atoms with Crippen molar-refractivity contribution in [1.29, 1.82) is 0 Å². The molecule has 0 bridgehead atoms. The Bertz CT molecular complexity index is 574. The molecule has 0 heterocycles. The molecule has 1 N–H and O–H groups in total. The number of rotatable bonds is 4. The molecule has 0 aliphatic heterocycles. The van der Waals surface area contributed by atoms with Crippen LogP contribution in [0.2, 0.25) is 5.02 Å². The lowest BCUT2D eigenvalue weighted by Crippen LogP contribution is -2.18. The summed E-state index contributed by atoms with van der Waals surface area (Å²) in [5, 5.41) is 3.51. The van der Waals surface area contributed by atoms with Crippen LogP contribution in [0, 0.1) is 5.82 Å². The van der Waals surface area contributed by atoms with Crippen LogP contribution in [-0.4, -0.2) is 0 Å². The highest BCUT2D eigenvalue weighted by molar-refractivity contribution is 9.10. The zero-order chi connectivity index (χ0) is 13.8. The molecule has 1 unspecified atom stereocenters. The number of hydrogen-bond acceptors (Lipinski definition) is 1. The van der Waals surface area contributed by atoms with Gasteiger partial charge in [-0.1, -0.05) is 45.7 Å². The fourth-order valence-corrected chi connectivity index (χ4v) is 2.35. The van der Waals surface area contributed by atoms with Gasteiger partial charge in [0.2, 0.25) is 0 Å². The van der Waals surface area contributed by atoms with Gasteiger partial charge in [-0.3, -0.25) is 0 Å². The SMILES string of the molecule is CC(NCc1ccc(Cl)c(F)c1)c1cccc(Br)c1. The molecule has 1 atom stereocenters. The average molecular weight is 343 g/mol. The summed E-state index contributed by atoms with van der Waals surface area (Å²) in [5.41, 5.74) is 2.06. The van der Waals surface area contributed by atoms with Crippen LogP contribution in [0.15, 0.2) is 46.9 Å². The quantitative estimate of drug-likeness (QED) is 0.816. The van der Waals surface area contributed by atoms with Crippen LogP contribution in [0.25, 0.3) is 0 Å². The Balaban J connectivity index is 2.00. The number of nitrogens with one attached hydrogen (secondary N) is 1. The smallest absolute Gasteiger partial charge is 0.142 e. The molecule has 0 aliphatic rings. The van der Waals surface area contributed by atoms with Crippen molar-refractivity contribution in [3.63, 3.8) is 0 Å². The number of benzene rings is 2. The van der Waals surface area contributed by atoms with Gasteiger partial charge >= 0.3 is 0 Å². The molecule has 0 saturated heterocycles. The standard InChI is InChI=1S/C15H14BrClFN/c1-10(12-3-2-4-13(16)8-12)19-9-11-5-6-14(17)15(18)7-11/h2-8,10,19H,9H2,1H3. The Morgan fingerprint density at radius 1 is 1.26 bits per heavy atom. The van der Waals surface area contributed by atoms with E-state index in [0.29, 0.717) is 6.54 Å². The molecule has 1 nitrogen and oxygen atoms in total. The van der Waals surface area contributed by atoms with Gasteiger partial charge in [0.15, 0.2) is 0 Å². The van der Waals surface area contributed by atoms with E-state index in [4.69, 9.17) is 11.6 Å². The van der Waals surface area contributed by atoms with Crippen molar-refractivity contribution in [2.24, 2.45) is 0 Å². The zero-order valence-electron chi connectivity index (χ0n) is 10.5. The van der Waals surface area contributed by atoms with E-state index in [9.17, 15) is 4.39 Å². The van der Waals surface area contributed by atoms with Crippen molar-refractivity contribution in [2.75, 3.05) is 0 Å². The van der Waals surface area contributed by atoms with Gasteiger partial charge in [-0.05, 0) is 42.3 Å². The lowest BCUT2D eigenvalue weighted by Gasteiger charge is -2.14. The van der Waals surface area contributed by atoms with E-state index < -0.39 is 0 Å². The Labute approximate surface area is 125 Å². The second-order valence-electron chi connectivity index (χ2n) is 4.41. The molecule has 0 amide bonds. The van der Waals surface area contributed by atoms with Crippen molar-refractivity contribution in [2.45, 2.75) is 19.5 Å². The van der Waals surface area contributed by atoms with Crippen LogP contribution >= 0.6 is 27.5 Å². The van der Waals surface area contributed by atoms with E-state index in [2.05, 4.69) is 40.3 Å². The second kappa shape index (κ2) is 6.51. The van der Waals surface area contributed by atoms with Crippen molar-refractivity contribution in [3.05, 3.63) is 68.9 Å². The van der Waals surface area contributed by atoms with Crippen LogP contribution in [0.5, 0.6) is 0 Å². The van der Waals surface area contributed by atoms with Crippen LogP contribution < -0.4 is 5.32 Å². The minimum Gasteiger partial charge on any atom is -0.306 e. The molecule has 0 radical (unpaired) electrons. The lowest BCUT2D eigenvalue weighted by atomic mass is 10.1. The second-order valence-corrected chi connectivity index (χ2v) is 5.73. The molecule has 4 heteroatoms. The van der Waals surface area contributed by atoms with Gasteiger partial charge in [-0.15, -0.1) is 0 Å². The zero-order valence-corrected chi connectivity index (χ0v) is 12.8. The first-order chi connectivity index (χ1) is 9.06. The molecule has 100 valence electrons. The molecule has 19 heavy (non-hydrogen) atoms. The fraction of sp³-hybridized carbons (Fsp3) is 0.200. The number of halogens is 3. The summed E-state index contributed by atoms with van der Waals surface area (Å²) in [5.74, 6) is -0.379. The first-order valence-electron chi connectivity index (χ1n) is 5.99. The Hall–Kier alpha value is -0.900. The summed E-state index contributed by atoms with van der Waals surface area (Å²) in [7, 11) is 0. The highest BCUT2D eigenvalue weighted by Gasteiger charge is 2.06. The van der Waals surface area contributed by atoms with Crippen molar-refractivity contribution in [1.82, 2.24) is 5.32 Å². The molecule has 0 saturated carbocycles. The van der Waals surface area contributed by atoms with Gasteiger partial charge in [0.1, 0.15) is 5.82 Å². The van der Waals surface area contributed by atoms with Gasteiger partial charge in [0.05, 0.1) is 5.02 Å². The third kappa shape index (κ3) is 4.03.